The first-order chi connectivity index (χ1) is 6.22. The van der Waals surface area contributed by atoms with Gasteiger partial charge in [-0.3, -0.25) is 14.6 Å². The lowest BCUT2D eigenvalue weighted by Crippen LogP contribution is -2.47. The smallest absolute Gasteiger partial charge is 0.325 e. The summed E-state index contributed by atoms with van der Waals surface area (Å²) >= 11 is 0. The number of carbonyl (C=O) groups excluding carboxylic acids is 2. The van der Waals surface area contributed by atoms with E-state index in [2.05, 4.69) is 5.32 Å². The van der Waals surface area contributed by atoms with Crippen molar-refractivity contribution in [3.8, 4) is 0 Å². The van der Waals surface area contributed by atoms with Crippen molar-refractivity contribution in [3.05, 3.63) is 0 Å². The summed E-state index contributed by atoms with van der Waals surface area (Å²) in [4.78, 5) is 22.2. The Morgan fingerprint density at radius 2 is 1.85 bits per heavy atom. The number of hydrogen-bond acceptors (Lipinski definition) is 3. The van der Waals surface area contributed by atoms with Crippen molar-refractivity contribution >= 4 is 11.8 Å². The molecule has 74 valence electrons. The van der Waals surface area contributed by atoms with Crippen LogP contribution < -0.4 is 11.2 Å². The summed E-state index contributed by atoms with van der Waals surface area (Å²) in [6.07, 6.45) is 3.93. The molecular weight excluding hydrogens is 170 g/mol. The topological polar surface area (TPSA) is 75.4 Å². The van der Waals surface area contributed by atoms with E-state index in [4.69, 9.17) is 5.84 Å². The Bertz CT molecular complexity index is 206. The summed E-state index contributed by atoms with van der Waals surface area (Å²) in [5, 5.41) is 3.51. The fourth-order valence-corrected chi connectivity index (χ4v) is 1.27. The molecule has 0 radical (unpaired) electrons. The highest BCUT2D eigenvalue weighted by Crippen LogP contribution is 2.01. The van der Waals surface area contributed by atoms with Crippen molar-refractivity contribution in [2.75, 3.05) is 13.1 Å². The Morgan fingerprint density at radius 1 is 1.15 bits per heavy atom. The van der Waals surface area contributed by atoms with Crippen LogP contribution in [0.5, 0.6) is 0 Å². The average molecular weight is 185 g/mol. The maximum Gasteiger partial charge on any atom is 0.325 e. The van der Waals surface area contributed by atoms with Gasteiger partial charge in [-0.15, -0.1) is 0 Å². The predicted octanol–water partition coefficient (Wildman–Crippen LogP) is -0.621. The maximum absolute atomic E-state index is 11.2. The van der Waals surface area contributed by atoms with Crippen LogP contribution in [0.3, 0.4) is 0 Å². The summed E-state index contributed by atoms with van der Waals surface area (Å²) < 4.78 is 0. The molecule has 0 bridgehead atoms. The van der Waals surface area contributed by atoms with Gasteiger partial charge in [-0.25, -0.2) is 5.84 Å². The first kappa shape index (κ1) is 9.98. The molecule has 0 spiro atoms. The minimum Gasteiger partial charge on any atom is -0.348 e. The second-order valence-corrected chi connectivity index (χ2v) is 3.17. The molecule has 3 N–H and O–H groups in total. The van der Waals surface area contributed by atoms with Crippen LogP contribution in [0.25, 0.3) is 0 Å². The highest BCUT2D eigenvalue weighted by atomic mass is 16.2. The molecule has 13 heavy (non-hydrogen) atoms. The number of amides is 2. The van der Waals surface area contributed by atoms with Crippen LogP contribution in [0.4, 0.5) is 0 Å². The van der Waals surface area contributed by atoms with Crippen molar-refractivity contribution in [1.82, 2.24) is 10.3 Å². The highest BCUT2D eigenvalue weighted by Gasteiger charge is 2.18. The van der Waals surface area contributed by atoms with E-state index in [0.717, 1.165) is 30.7 Å². The molecule has 1 saturated heterocycles. The molecule has 2 amide bonds. The number of nitrogens with one attached hydrogen (secondary N) is 1. The number of carbonyl (C=O) groups is 2. The molecule has 1 aliphatic rings. The second-order valence-electron chi connectivity index (χ2n) is 3.17. The highest BCUT2D eigenvalue weighted by molar-refractivity contribution is 6.34. The van der Waals surface area contributed by atoms with Gasteiger partial charge in [0.25, 0.3) is 0 Å². The minimum atomic E-state index is -0.637. The molecule has 0 aromatic rings. The molecule has 1 aliphatic heterocycles. The second kappa shape index (κ2) is 4.81. The summed E-state index contributed by atoms with van der Waals surface area (Å²) in [6, 6.07) is 0. The Morgan fingerprint density at radius 3 is 2.62 bits per heavy atom. The lowest BCUT2D eigenvalue weighted by Gasteiger charge is -2.17. The van der Waals surface area contributed by atoms with E-state index in [9.17, 15) is 9.59 Å². The molecule has 0 aromatic heterocycles. The number of rotatable bonds is 0. The fourth-order valence-electron chi connectivity index (χ4n) is 1.27. The molecule has 5 nitrogen and oxygen atoms in total. The van der Waals surface area contributed by atoms with E-state index in [1.165, 1.54) is 0 Å². The lowest BCUT2D eigenvalue weighted by atomic mass is 10.2. The molecule has 5 heteroatoms. The number of nitrogens with zero attached hydrogens (tertiary/aromatic N) is 1. The Balaban J connectivity index is 2.50. The van der Waals surface area contributed by atoms with Gasteiger partial charge < -0.3 is 5.32 Å². The summed E-state index contributed by atoms with van der Waals surface area (Å²) in [5.74, 6) is 4.15. The van der Waals surface area contributed by atoms with Crippen LogP contribution in [0.1, 0.15) is 25.7 Å². The Kier molecular flexibility index (Phi) is 3.70. The zero-order valence-electron chi connectivity index (χ0n) is 7.58. The van der Waals surface area contributed by atoms with Crippen LogP contribution in [-0.4, -0.2) is 29.9 Å². The van der Waals surface area contributed by atoms with E-state index < -0.39 is 11.8 Å². The van der Waals surface area contributed by atoms with Gasteiger partial charge in [0.1, 0.15) is 0 Å². The summed E-state index contributed by atoms with van der Waals surface area (Å²) in [6.45, 7) is 1.03. The molecule has 0 aliphatic carbocycles. The first-order valence-electron chi connectivity index (χ1n) is 4.56. The third kappa shape index (κ3) is 3.02. The summed E-state index contributed by atoms with van der Waals surface area (Å²) in [5.41, 5.74) is 0. The van der Waals surface area contributed by atoms with Crippen LogP contribution in [0.15, 0.2) is 0 Å². The minimum absolute atomic E-state index is 0.465. The van der Waals surface area contributed by atoms with Crippen molar-refractivity contribution in [2.24, 2.45) is 5.84 Å². The van der Waals surface area contributed by atoms with Gasteiger partial charge in [0.2, 0.25) is 0 Å². The molecule has 1 rings (SSSR count). The molecule has 0 unspecified atom stereocenters. The van der Waals surface area contributed by atoms with Crippen LogP contribution in [0.2, 0.25) is 0 Å². The van der Waals surface area contributed by atoms with Gasteiger partial charge in [0.05, 0.1) is 0 Å². The standard InChI is InChI=1S/C8H15N3O2/c9-11-6-4-2-1-3-5-10-7(12)8(11)13/h1-6,9H2,(H,10,12). The predicted molar refractivity (Wildman–Crippen MR) is 47.4 cm³/mol. The van der Waals surface area contributed by atoms with E-state index >= 15 is 0 Å². The first-order valence-corrected chi connectivity index (χ1v) is 4.56. The Hall–Kier alpha value is -1.10. The molecule has 0 aromatic carbocycles. The molecule has 1 fully saturated rings. The zero-order valence-corrected chi connectivity index (χ0v) is 7.58. The van der Waals surface area contributed by atoms with Crippen molar-refractivity contribution in [1.29, 1.82) is 0 Å². The van der Waals surface area contributed by atoms with E-state index in [1.807, 2.05) is 0 Å². The SMILES string of the molecule is NN1CCCCCCNC(=O)C1=O. The molecule has 1 heterocycles. The number of hydrazine groups is 1. The van der Waals surface area contributed by atoms with Crippen molar-refractivity contribution in [2.45, 2.75) is 25.7 Å². The van der Waals surface area contributed by atoms with Gasteiger partial charge in [0, 0.05) is 13.1 Å². The van der Waals surface area contributed by atoms with E-state index in [0.29, 0.717) is 13.1 Å². The van der Waals surface area contributed by atoms with Gasteiger partial charge in [0.15, 0.2) is 0 Å². The quantitative estimate of drug-likeness (QED) is 0.300. The van der Waals surface area contributed by atoms with Gasteiger partial charge in [-0.1, -0.05) is 12.8 Å². The Labute approximate surface area is 77.2 Å². The van der Waals surface area contributed by atoms with Gasteiger partial charge in [-0.05, 0) is 12.8 Å². The lowest BCUT2D eigenvalue weighted by molar-refractivity contribution is -0.146. The normalized spacial score (nSPS) is 21.2. The van der Waals surface area contributed by atoms with Gasteiger partial charge >= 0.3 is 11.8 Å². The van der Waals surface area contributed by atoms with Crippen LogP contribution in [-0.2, 0) is 9.59 Å². The third-order valence-corrected chi connectivity index (χ3v) is 2.07. The average Bonchev–Trinajstić information content (AvgIpc) is 2.13. The number of nitrogens with two attached hydrogens (primary N) is 1. The van der Waals surface area contributed by atoms with Crippen LogP contribution >= 0.6 is 0 Å². The molecule has 0 saturated carbocycles. The van der Waals surface area contributed by atoms with Gasteiger partial charge in [-0.2, -0.15) is 0 Å². The molecule has 0 atom stereocenters. The number of hydrogen-bond donors (Lipinski definition) is 2. The summed E-state index contributed by atoms with van der Waals surface area (Å²) in [7, 11) is 0. The van der Waals surface area contributed by atoms with Crippen LogP contribution in [0, 0.1) is 0 Å². The fraction of sp³-hybridized carbons (Fsp3) is 0.750. The largest absolute Gasteiger partial charge is 0.348 e. The monoisotopic (exact) mass is 185 g/mol. The maximum atomic E-state index is 11.2. The van der Waals surface area contributed by atoms with E-state index in [1.54, 1.807) is 0 Å². The van der Waals surface area contributed by atoms with Crippen molar-refractivity contribution in [3.63, 3.8) is 0 Å². The third-order valence-electron chi connectivity index (χ3n) is 2.07. The molecular formula is C8H15N3O2. The zero-order chi connectivity index (χ0) is 9.68. The van der Waals surface area contributed by atoms with Crippen molar-refractivity contribution < 1.29 is 9.59 Å². The van der Waals surface area contributed by atoms with E-state index in [-0.39, 0.29) is 0 Å².